The normalized spacial score (nSPS) is 22.3. The van der Waals surface area contributed by atoms with Gasteiger partial charge in [0.2, 0.25) is 0 Å². The summed E-state index contributed by atoms with van der Waals surface area (Å²) in [5, 5.41) is 23.4. The van der Waals surface area contributed by atoms with E-state index in [0.29, 0.717) is 25.7 Å². The summed E-state index contributed by atoms with van der Waals surface area (Å²) in [6, 6.07) is 8.01. The van der Waals surface area contributed by atoms with E-state index in [1.54, 1.807) is 31.3 Å². The number of hydrogen-bond acceptors (Lipinski definition) is 6. The van der Waals surface area contributed by atoms with E-state index in [-0.39, 0.29) is 29.7 Å². The number of benzene rings is 1. The number of aliphatic hydroxyl groups is 2. The Hall–Kier alpha value is -1.99. The molecule has 0 amide bonds. The number of ether oxygens (including phenoxy) is 1. The molecule has 4 atom stereocenters. The van der Waals surface area contributed by atoms with Gasteiger partial charge in [-0.2, -0.15) is 0 Å². The van der Waals surface area contributed by atoms with E-state index in [4.69, 9.17) is 16.3 Å². The zero-order valence-corrected chi connectivity index (χ0v) is 24.4. The Morgan fingerprint density at radius 1 is 1.21 bits per heavy atom. The van der Waals surface area contributed by atoms with Gasteiger partial charge in [0.1, 0.15) is 5.78 Å². The molecule has 1 heterocycles. The molecule has 1 saturated carbocycles. The first kappa shape index (κ1) is 30.6. The Bertz CT molecular complexity index is 1150. The van der Waals surface area contributed by atoms with Crippen molar-refractivity contribution >= 4 is 44.8 Å². The zero-order valence-electron chi connectivity index (χ0n) is 22.9. The van der Waals surface area contributed by atoms with Crippen molar-refractivity contribution in [1.82, 2.24) is 0 Å². The molecule has 1 aliphatic carbocycles. The molecule has 2 aromatic rings. The van der Waals surface area contributed by atoms with Crippen LogP contribution in [0.5, 0.6) is 0 Å². The molecule has 0 spiro atoms. The van der Waals surface area contributed by atoms with Crippen LogP contribution in [0.25, 0.3) is 10.1 Å². The summed E-state index contributed by atoms with van der Waals surface area (Å²) in [6.07, 6.45) is 10.6. The van der Waals surface area contributed by atoms with Crippen molar-refractivity contribution in [2.45, 2.75) is 91.0 Å². The highest BCUT2D eigenvalue weighted by molar-refractivity contribution is 7.19. The van der Waals surface area contributed by atoms with Gasteiger partial charge in [0, 0.05) is 33.2 Å². The summed E-state index contributed by atoms with van der Waals surface area (Å²) in [6.45, 7) is 7.27. The number of allylic oxidation sites excluding steroid dienone is 2. The second-order valence-corrected chi connectivity index (χ2v) is 12.5. The number of carbonyl (C=O) groups is 2. The van der Waals surface area contributed by atoms with Crippen LogP contribution in [-0.4, -0.2) is 40.3 Å². The number of fused-ring (bicyclic) bond motifs is 1. The fraction of sp³-hybridized carbons (Fsp3) is 0.548. The standard InChI is InChI=1S/C31H41ClO5S/c1-20(2)37-27(34)15-9-7-5-6-8-12-22-23(30(36)31(3,4)29(22)35)18-16-21(33)17-19-26-28(32)24-13-10-11-14-25(24)38-26/h6,8,10-11,13-14,16,18,20-23,30,33,36H,5,7,9,12,15,17,19H2,1-4H3/b8-6-,18-16+/t21-,22+,23+,30-/m0/s1. The van der Waals surface area contributed by atoms with Gasteiger partial charge in [0.25, 0.3) is 0 Å². The molecular weight excluding hydrogens is 520 g/mol. The van der Waals surface area contributed by atoms with Gasteiger partial charge in [-0.25, -0.2) is 0 Å². The highest BCUT2D eigenvalue weighted by Crippen LogP contribution is 2.45. The lowest BCUT2D eigenvalue weighted by molar-refractivity contribution is -0.147. The molecule has 38 heavy (non-hydrogen) atoms. The fourth-order valence-corrected chi connectivity index (χ4v) is 6.62. The molecule has 0 bridgehead atoms. The minimum absolute atomic E-state index is 0.0484. The fourth-order valence-electron chi connectivity index (χ4n) is 5.07. The Labute approximate surface area is 235 Å². The predicted octanol–water partition coefficient (Wildman–Crippen LogP) is 7.06. The molecule has 1 fully saturated rings. The Kier molecular flexibility index (Phi) is 11.2. The number of hydrogen-bond donors (Lipinski definition) is 2. The first-order valence-electron chi connectivity index (χ1n) is 13.6. The number of unbranched alkanes of at least 4 members (excludes halogenated alkanes) is 2. The van der Waals surface area contributed by atoms with Crippen LogP contribution in [0, 0.1) is 17.3 Å². The van der Waals surface area contributed by atoms with Crippen molar-refractivity contribution in [1.29, 1.82) is 0 Å². The number of esters is 1. The van der Waals surface area contributed by atoms with Crippen LogP contribution in [-0.2, 0) is 20.7 Å². The van der Waals surface area contributed by atoms with E-state index in [2.05, 4.69) is 0 Å². The van der Waals surface area contributed by atoms with Crippen molar-refractivity contribution in [3.05, 3.63) is 58.5 Å². The summed E-state index contributed by atoms with van der Waals surface area (Å²) in [4.78, 5) is 25.8. The molecule has 2 N–H and O–H groups in total. The summed E-state index contributed by atoms with van der Waals surface area (Å²) in [5.74, 6) is -0.805. The van der Waals surface area contributed by atoms with Crippen LogP contribution in [0.3, 0.4) is 0 Å². The molecule has 1 aliphatic rings. The summed E-state index contributed by atoms with van der Waals surface area (Å²) in [7, 11) is 0. The number of Topliss-reactive ketones (excluding diaryl/α,β-unsaturated/α-hetero) is 1. The second-order valence-electron chi connectivity index (χ2n) is 11.0. The number of aryl methyl sites for hydroxylation is 1. The SMILES string of the molecule is CC(C)OC(=O)CCCC/C=C\C[C@H]1C(=O)C(C)(C)[C@@H](O)[C@@H]1/C=C/[C@H](O)CCc1sc2ccccc2c1Cl. The van der Waals surface area contributed by atoms with E-state index >= 15 is 0 Å². The number of rotatable bonds is 13. The van der Waals surface area contributed by atoms with E-state index in [9.17, 15) is 19.8 Å². The predicted molar refractivity (Wildman–Crippen MR) is 156 cm³/mol. The minimum Gasteiger partial charge on any atom is -0.463 e. The number of carbonyl (C=O) groups excluding carboxylic acids is 2. The van der Waals surface area contributed by atoms with Crippen LogP contribution >= 0.6 is 22.9 Å². The minimum atomic E-state index is -0.833. The summed E-state index contributed by atoms with van der Waals surface area (Å²) in [5.41, 5.74) is -0.833. The van der Waals surface area contributed by atoms with E-state index in [1.165, 1.54) is 0 Å². The van der Waals surface area contributed by atoms with Crippen LogP contribution in [0.4, 0.5) is 0 Å². The van der Waals surface area contributed by atoms with E-state index in [0.717, 1.165) is 39.2 Å². The molecule has 7 heteroatoms. The van der Waals surface area contributed by atoms with Gasteiger partial charge in [-0.1, -0.05) is 68.0 Å². The highest BCUT2D eigenvalue weighted by atomic mass is 35.5. The number of halogens is 1. The summed E-state index contributed by atoms with van der Waals surface area (Å²) >= 11 is 8.19. The van der Waals surface area contributed by atoms with Crippen LogP contribution in [0.2, 0.25) is 5.02 Å². The zero-order chi connectivity index (χ0) is 27.9. The molecule has 5 nitrogen and oxygen atoms in total. The quantitative estimate of drug-likeness (QED) is 0.155. The number of aliphatic hydroxyl groups excluding tert-OH is 2. The molecule has 1 aromatic heterocycles. The van der Waals surface area contributed by atoms with Crippen molar-refractivity contribution < 1.29 is 24.5 Å². The Morgan fingerprint density at radius 2 is 1.95 bits per heavy atom. The molecule has 0 aliphatic heterocycles. The van der Waals surface area contributed by atoms with E-state index < -0.39 is 17.6 Å². The number of ketones is 1. The van der Waals surface area contributed by atoms with Gasteiger partial charge >= 0.3 is 5.97 Å². The molecule has 1 aromatic carbocycles. The van der Waals surface area contributed by atoms with Crippen molar-refractivity contribution in [2.24, 2.45) is 17.3 Å². The van der Waals surface area contributed by atoms with Crippen molar-refractivity contribution in [2.75, 3.05) is 0 Å². The number of thiophene rings is 1. The first-order valence-corrected chi connectivity index (χ1v) is 14.8. The molecule has 3 rings (SSSR count). The third kappa shape index (κ3) is 7.78. The molecule has 0 saturated heterocycles. The van der Waals surface area contributed by atoms with Gasteiger partial charge < -0.3 is 14.9 Å². The van der Waals surface area contributed by atoms with Crippen molar-refractivity contribution in [3.63, 3.8) is 0 Å². The summed E-state index contributed by atoms with van der Waals surface area (Å²) < 4.78 is 6.28. The highest BCUT2D eigenvalue weighted by Gasteiger charge is 2.52. The maximum absolute atomic E-state index is 13.1. The Morgan fingerprint density at radius 3 is 2.66 bits per heavy atom. The lowest BCUT2D eigenvalue weighted by atomic mass is 9.86. The maximum atomic E-state index is 13.1. The van der Waals surface area contributed by atoms with Gasteiger partial charge in [0.05, 0.1) is 28.7 Å². The first-order chi connectivity index (χ1) is 18.0. The van der Waals surface area contributed by atoms with Crippen LogP contribution in [0.1, 0.15) is 71.1 Å². The van der Waals surface area contributed by atoms with Gasteiger partial charge in [-0.05, 0) is 58.4 Å². The van der Waals surface area contributed by atoms with Crippen LogP contribution < -0.4 is 0 Å². The lowest BCUT2D eigenvalue weighted by Crippen LogP contribution is -2.31. The van der Waals surface area contributed by atoms with Crippen LogP contribution in [0.15, 0.2) is 48.6 Å². The lowest BCUT2D eigenvalue weighted by Gasteiger charge is -2.22. The van der Waals surface area contributed by atoms with Gasteiger partial charge in [-0.15, -0.1) is 11.3 Å². The smallest absolute Gasteiger partial charge is 0.306 e. The third-order valence-corrected chi connectivity index (χ3v) is 9.06. The average molecular weight is 561 g/mol. The largest absolute Gasteiger partial charge is 0.463 e. The van der Waals surface area contributed by atoms with Crippen molar-refractivity contribution in [3.8, 4) is 0 Å². The molecular formula is C31H41ClO5S. The topological polar surface area (TPSA) is 83.8 Å². The molecule has 208 valence electrons. The monoisotopic (exact) mass is 560 g/mol. The average Bonchev–Trinajstić information content (AvgIpc) is 3.27. The van der Waals surface area contributed by atoms with Gasteiger partial charge in [-0.3, -0.25) is 9.59 Å². The third-order valence-electron chi connectivity index (χ3n) is 7.29. The van der Waals surface area contributed by atoms with Gasteiger partial charge in [0.15, 0.2) is 0 Å². The maximum Gasteiger partial charge on any atom is 0.306 e. The van der Waals surface area contributed by atoms with E-state index in [1.807, 2.05) is 56.3 Å². The molecule has 0 radical (unpaired) electrons. The second kappa shape index (κ2) is 13.9. The molecule has 0 unspecified atom stereocenters. The Balaban J connectivity index is 1.52.